The molecule has 0 aromatic heterocycles. The SMILES string of the molecule is COCCOC(=O)COC(=O)C(C)OC(=O)C(Cc1ccccc1)NC(=O)C(N)CCCCNC(=O)OCc1ccccc1. The van der Waals surface area contributed by atoms with E-state index in [1.807, 2.05) is 36.4 Å². The van der Waals surface area contributed by atoms with Crippen molar-refractivity contribution in [2.75, 3.05) is 33.5 Å². The van der Waals surface area contributed by atoms with Crippen LogP contribution in [0.5, 0.6) is 0 Å². The molecule has 0 radical (unpaired) electrons. The van der Waals surface area contributed by atoms with Crippen molar-refractivity contribution in [3.05, 3.63) is 71.8 Å². The van der Waals surface area contributed by atoms with Gasteiger partial charge in [0.05, 0.1) is 12.6 Å². The average molecular weight is 616 g/mol. The van der Waals surface area contributed by atoms with Gasteiger partial charge in [-0.1, -0.05) is 60.7 Å². The zero-order chi connectivity index (χ0) is 32.2. The summed E-state index contributed by atoms with van der Waals surface area (Å²) in [6.07, 6.45) is -0.443. The third kappa shape index (κ3) is 14.6. The second-order valence-corrected chi connectivity index (χ2v) is 9.74. The quantitative estimate of drug-likeness (QED) is 0.119. The number of amides is 2. The molecule has 44 heavy (non-hydrogen) atoms. The lowest BCUT2D eigenvalue weighted by Gasteiger charge is -2.22. The van der Waals surface area contributed by atoms with E-state index in [0.29, 0.717) is 25.8 Å². The first-order valence-corrected chi connectivity index (χ1v) is 14.3. The maximum Gasteiger partial charge on any atom is 0.407 e. The molecule has 240 valence electrons. The van der Waals surface area contributed by atoms with E-state index in [1.54, 1.807) is 24.3 Å². The highest BCUT2D eigenvalue weighted by molar-refractivity contribution is 5.89. The Morgan fingerprint density at radius 3 is 2.14 bits per heavy atom. The summed E-state index contributed by atoms with van der Waals surface area (Å²) in [5, 5.41) is 5.27. The van der Waals surface area contributed by atoms with E-state index in [4.69, 9.17) is 29.4 Å². The van der Waals surface area contributed by atoms with E-state index in [2.05, 4.69) is 10.6 Å². The van der Waals surface area contributed by atoms with Crippen molar-refractivity contribution in [2.24, 2.45) is 5.73 Å². The van der Waals surface area contributed by atoms with Crippen molar-refractivity contribution >= 4 is 29.9 Å². The van der Waals surface area contributed by atoms with Gasteiger partial charge in [-0.15, -0.1) is 0 Å². The molecule has 2 amide bonds. The zero-order valence-electron chi connectivity index (χ0n) is 25.0. The van der Waals surface area contributed by atoms with Crippen molar-refractivity contribution in [2.45, 2.75) is 57.4 Å². The molecule has 0 aliphatic heterocycles. The second-order valence-electron chi connectivity index (χ2n) is 9.74. The molecule has 2 aromatic rings. The van der Waals surface area contributed by atoms with Gasteiger partial charge in [0.25, 0.3) is 0 Å². The van der Waals surface area contributed by atoms with Crippen LogP contribution in [0.4, 0.5) is 4.79 Å². The molecule has 3 atom stereocenters. The first-order valence-electron chi connectivity index (χ1n) is 14.3. The Bertz CT molecular complexity index is 1180. The highest BCUT2D eigenvalue weighted by Gasteiger charge is 2.29. The molecule has 0 bridgehead atoms. The van der Waals surface area contributed by atoms with Crippen LogP contribution in [0.15, 0.2) is 60.7 Å². The number of benzene rings is 2. The number of methoxy groups -OCH3 is 1. The topological polar surface area (TPSA) is 182 Å². The molecular formula is C31H41N3O10. The van der Waals surface area contributed by atoms with Crippen molar-refractivity contribution < 1.29 is 47.7 Å². The van der Waals surface area contributed by atoms with Crippen molar-refractivity contribution in [1.29, 1.82) is 0 Å². The molecular weight excluding hydrogens is 574 g/mol. The van der Waals surface area contributed by atoms with E-state index in [1.165, 1.54) is 14.0 Å². The number of alkyl carbamates (subject to hydrolysis) is 1. The van der Waals surface area contributed by atoms with Crippen LogP contribution in [0, 0.1) is 0 Å². The number of unbranched alkanes of at least 4 members (excludes halogenated alkanes) is 1. The number of rotatable bonds is 19. The lowest BCUT2D eigenvalue weighted by molar-refractivity contribution is -0.172. The average Bonchev–Trinajstić information content (AvgIpc) is 3.03. The Morgan fingerprint density at radius 1 is 0.818 bits per heavy atom. The predicted molar refractivity (Wildman–Crippen MR) is 158 cm³/mol. The summed E-state index contributed by atoms with van der Waals surface area (Å²) in [5.41, 5.74) is 7.69. The molecule has 0 aliphatic rings. The highest BCUT2D eigenvalue weighted by Crippen LogP contribution is 2.09. The van der Waals surface area contributed by atoms with Gasteiger partial charge in [-0.3, -0.25) is 4.79 Å². The van der Waals surface area contributed by atoms with E-state index >= 15 is 0 Å². The van der Waals surface area contributed by atoms with Gasteiger partial charge in [0.1, 0.15) is 19.3 Å². The summed E-state index contributed by atoms with van der Waals surface area (Å²) in [5.74, 6) is -3.19. The number of ether oxygens (including phenoxy) is 5. The van der Waals surface area contributed by atoms with Crippen LogP contribution in [-0.4, -0.2) is 81.6 Å². The minimum Gasteiger partial charge on any atom is -0.461 e. The number of esters is 3. The molecule has 3 unspecified atom stereocenters. The number of hydrogen-bond donors (Lipinski definition) is 3. The van der Waals surface area contributed by atoms with Crippen LogP contribution < -0.4 is 16.4 Å². The maximum absolute atomic E-state index is 13.0. The van der Waals surface area contributed by atoms with Crippen molar-refractivity contribution in [1.82, 2.24) is 10.6 Å². The number of nitrogens with two attached hydrogens (primary N) is 1. The molecule has 4 N–H and O–H groups in total. The van der Waals surface area contributed by atoms with Crippen LogP contribution in [0.1, 0.15) is 37.3 Å². The third-order valence-electron chi connectivity index (χ3n) is 6.15. The normalized spacial score (nSPS) is 12.6. The molecule has 0 saturated heterocycles. The van der Waals surface area contributed by atoms with Crippen molar-refractivity contribution in [3.63, 3.8) is 0 Å². The summed E-state index contributed by atoms with van der Waals surface area (Å²) in [6.45, 7) is 1.32. The molecule has 13 heteroatoms. The standard InChI is InChI=1S/C31H41N3O10/c1-22(29(37)42-21-27(35)41-18-17-40-2)44-30(38)26(19-23-11-5-3-6-12-23)34-28(36)25(32)15-9-10-16-33-31(39)43-20-24-13-7-4-8-14-24/h3-8,11-14,22,25-26H,9-10,15-21,32H2,1-2H3,(H,33,39)(H,34,36). The molecule has 13 nitrogen and oxygen atoms in total. The fraction of sp³-hybridized carbons (Fsp3) is 0.452. The molecule has 0 spiro atoms. The largest absolute Gasteiger partial charge is 0.461 e. The Morgan fingerprint density at radius 2 is 1.48 bits per heavy atom. The monoisotopic (exact) mass is 615 g/mol. The van der Waals surface area contributed by atoms with Gasteiger partial charge in [0, 0.05) is 20.1 Å². The van der Waals surface area contributed by atoms with Gasteiger partial charge >= 0.3 is 24.0 Å². The summed E-state index contributed by atoms with van der Waals surface area (Å²) in [6, 6.07) is 16.1. The summed E-state index contributed by atoms with van der Waals surface area (Å²) in [7, 11) is 1.44. The van der Waals surface area contributed by atoms with Gasteiger partial charge in [0.2, 0.25) is 5.91 Å². The molecule has 2 aromatic carbocycles. The lowest BCUT2D eigenvalue weighted by Crippen LogP contribution is -2.50. The van der Waals surface area contributed by atoms with E-state index in [0.717, 1.165) is 11.1 Å². The number of carbonyl (C=O) groups excluding carboxylic acids is 5. The number of hydrogen-bond acceptors (Lipinski definition) is 11. The third-order valence-corrected chi connectivity index (χ3v) is 6.15. The Labute approximate surface area is 256 Å². The smallest absolute Gasteiger partial charge is 0.407 e. The fourth-order valence-electron chi connectivity index (χ4n) is 3.74. The van der Waals surface area contributed by atoms with Gasteiger partial charge < -0.3 is 40.1 Å². The van der Waals surface area contributed by atoms with Crippen molar-refractivity contribution in [3.8, 4) is 0 Å². The number of carbonyl (C=O) groups is 5. The zero-order valence-corrected chi connectivity index (χ0v) is 25.0. The van der Waals surface area contributed by atoms with E-state index in [9.17, 15) is 24.0 Å². The van der Waals surface area contributed by atoms with E-state index < -0.39 is 54.7 Å². The maximum atomic E-state index is 13.0. The fourth-order valence-corrected chi connectivity index (χ4v) is 3.74. The van der Waals surface area contributed by atoms with Crippen LogP contribution in [0.2, 0.25) is 0 Å². The van der Waals surface area contributed by atoms with Gasteiger partial charge in [-0.25, -0.2) is 19.2 Å². The van der Waals surface area contributed by atoms with E-state index in [-0.39, 0.29) is 26.2 Å². The second kappa shape index (κ2) is 20.4. The predicted octanol–water partition coefficient (Wildman–Crippen LogP) is 1.80. The Kier molecular flexibility index (Phi) is 16.6. The van der Waals surface area contributed by atoms with Crippen LogP contribution in [0.3, 0.4) is 0 Å². The minimum absolute atomic E-state index is 0.00113. The first-order chi connectivity index (χ1) is 21.2. The molecule has 0 aliphatic carbocycles. The van der Waals surface area contributed by atoms with Gasteiger partial charge in [-0.05, 0) is 37.3 Å². The summed E-state index contributed by atoms with van der Waals surface area (Å²) in [4.78, 5) is 61.6. The van der Waals surface area contributed by atoms with Gasteiger partial charge in [0.15, 0.2) is 12.7 Å². The summed E-state index contributed by atoms with van der Waals surface area (Å²) >= 11 is 0. The molecule has 0 saturated carbocycles. The lowest BCUT2D eigenvalue weighted by atomic mass is 10.0. The molecule has 0 heterocycles. The van der Waals surface area contributed by atoms with Crippen LogP contribution in [-0.2, 0) is 55.9 Å². The highest BCUT2D eigenvalue weighted by atomic mass is 16.6. The minimum atomic E-state index is -1.36. The van der Waals surface area contributed by atoms with Crippen LogP contribution >= 0.6 is 0 Å². The molecule has 2 rings (SSSR count). The summed E-state index contributed by atoms with van der Waals surface area (Å²) < 4.78 is 24.8. The first kappa shape index (κ1) is 35.7. The number of nitrogens with one attached hydrogen (secondary N) is 2. The van der Waals surface area contributed by atoms with Crippen LogP contribution in [0.25, 0.3) is 0 Å². The Balaban J connectivity index is 1.80. The van der Waals surface area contributed by atoms with Gasteiger partial charge in [-0.2, -0.15) is 0 Å². The Hall–Kier alpha value is -4.49. The molecule has 0 fully saturated rings.